The highest BCUT2D eigenvalue weighted by molar-refractivity contribution is 5.85. The van der Waals surface area contributed by atoms with E-state index in [0.29, 0.717) is 0 Å². The number of nitrogens with one attached hydrogen (secondary N) is 1. The summed E-state index contributed by atoms with van der Waals surface area (Å²) in [5.41, 5.74) is 3.75. The fourth-order valence-electron chi connectivity index (χ4n) is 2.07. The molecule has 3 rings (SSSR count). The second-order valence-corrected chi connectivity index (χ2v) is 3.68. The lowest BCUT2D eigenvalue weighted by Gasteiger charge is -1.95. The number of benzene rings is 1. The van der Waals surface area contributed by atoms with Crippen LogP contribution in [0, 0.1) is 11.8 Å². The zero-order valence-corrected chi connectivity index (χ0v) is 7.93. The molecule has 0 amide bonds. The third kappa shape index (κ3) is 1.04. The Hall–Kier alpha value is -1.68. The Morgan fingerprint density at radius 1 is 1.21 bits per heavy atom. The van der Waals surface area contributed by atoms with Crippen LogP contribution in [0.1, 0.15) is 24.1 Å². The van der Waals surface area contributed by atoms with Crippen molar-refractivity contribution in [2.45, 2.75) is 19.3 Å². The van der Waals surface area contributed by atoms with Gasteiger partial charge in [-0.05, 0) is 30.4 Å². The largest absolute Gasteiger partial charge is 0.348 e. The van der Waals surface area contributed by atoms with Gasteiger partial charge in [-0.15, -0.1) is 0 Å². The van der Waals surface area contributed by atoms with E-state index >= 15 is 0 Å². The number of aryl methyl sites for hydroxylation is 1. The first-order valence-corrected chi connectivity index (χ1v) is 5.03. The predicted octanol–water partition coefficient (Wildman–Crippen LogP) is 2.86. The molecule has 1 aliphatic carbocycles. The molecular weight excluding hydrogens is 170 g/mol. The molecule has 0 spiro atoms. The Balaban J connectivity index is 2.35. The molecule has 1 nitrogen and oxygen atoms in total. The zero-order chi connectivity index (χ0) is 9.38. The third-order valence-corrected chi connectivity index (χ3v) is 2.76. The van der Waals surface area contributed by atoms with Crippen LogP contribution in [0.15, 0.2) is 24.3 Å². The van der Waals surface area contributed by atoms with E-state index < -0.39 is 0 Å². The second-order valence-electron chi connectivity index (χ2n) is 3.68. The summed E-state index contributed by atoms with van der Waals surface area (Å²) in [6.45, 7) is 0. The molecule has 0 aliphatic heterocycles. The lowest BCUT2D eigenvalue weighted by molar-refractivity contribution is 0.868. The lowest BCUT2D eigenvalue weighted by Crippen LogP contribution is -1.84. The average molecular weight is 181 g/mol. The molecule has 1 heterocycles. The maximum absolute atomic E-state index is 3.38. The maximum atomic E-state index is 3.38. The van der Waals surface area contributed by atoms with Gasteiger partial charge in [0.2, 0.25) is 0 Å². The van der Waals surface area contributed by atoms with Gasteiger partial charge in [0.05, 0.1) is 5.69 Å². The molecule has 0 atom stereocenters. The normalized spacial score (nSPS) is 14.3. The van der Waals surface area contributed by atoms with Crippen molar-refractivity contribution in [1.29, 1.82) is 0 Å². The van der Waals surface area contributed by atoms with Crippen molar-refractivity contribution >= 4 is 10.9 Å². The first kappa shape index (κ1) is 7.70. The summed E-state index contributed by atoms with van der Waals surface area (Å²) in [6.07, 6.45) is 3.35. The monoisotopic (exact) mass is 181 g/mol. The van der Waals surface area contributed by atoms with Gasteiger partial charge in [-0.25, -0.2) is 0 Å². The van der Waals surface area contributed by atoms with E-state index in [1.807, 2.05) is 0 Å². The first-order chi connectivity index (χ1) is 6.95. The van der Waals surface area contributed by atoms with Crippen molar-refractivity contribution in [2.75, 3.05) is 0 Å². The van der Waals surface area contributed by atoms with Crippen LogP contribution < -0.4 is 0 Å². The van der Waals surface area contributed by atoms with Crippen molar-refractivity contribution in [1.82, 2.24) is 4.98 Å². The summed E-state index contributed by atoms with van der Waals surface area (Å²) in [5, 5.41) is 1.35. The van der Waals surface area contributed by atoms with Gasteiger partial charge in [-0.1, -0.05) is 24.1 Å². The van der Waals surface area contributed by atoms with Crippen LogP contribution in [-0.4, -0.2) is 4.98 Å². The summed E-state index contributed by atoms with van der Waals surface area (Å²) in [6, 6.07) is 8.45. The number of para-hydroxylation sites is 1. The van der Waals surface area contributed by atoms with Crippen LogP contribution in [0.5, 0.6) is 0 Å². The number of hydrogen-bond donors (Lipinski definition) is 1. The standard InChI is InChI=1S/C13H11N/c1-2-6-10-11-7-4-5-9-13(11)14-12(10)8-3-1/h4-5,7,9,14H,1-2,6H2. The summed E-state index contributed by atoms with van der Waals surface area (Å²) in [7, 11) is 0. The quantitative estimate of drug-likeness (QED) is 0.601. The minimum absolute atomic E-state index is 1.02. The molecule has 0 radical (unpaired) electrons. The Labute approximate surface area is 83.1 Å². The summed E-state index contributed by atoms with van der Waals surface area (Å²) in [5.74, 6) is 6.39. The molecule has 0 fully saturated rings. The van der Waals surface area contributed by atoms with Crippen LogP contribution in [0.25, 0.3) is 10.9 Å². The molecule has 1 aliphatic rings. The van der Waals surface area contributed by atoms with Gasteiger partial charge in [0.15, 0.2) is 0 Å². The van der Waals surface area contributed by atoms with Gasteiger partial charge in [0.1, 0.15) is 0 Å². The predicted molar refractivity (Wildman–Crippen MR) is 58.1 cm³/mol. The van der Waals surface area contributed by atoms with Gasteiger partial charge in [-0.2, -0.15) is 0 Å². The van der Waals surface area contributed by atoms with Crippen LogP contribution >= 0.6 is 0 Å². The van der Waals surface area contributed by atoms with Gasteiger partial charge < -0.3 is 4.98 Å². The van der Waals surface area contributed by atoms with Crippen LogP contribution in [0.2, 0.25) is 0 Å². The number of aromatic amines is 1. The van der Waals surface area contributed by atoms with E-state index in [1.54, 1.807) is 0 Å². The Morgan fingerprint density at radius 2 is 2.14 bits per heavy atom. The van der Waals surface area contributed by atoms with E-state index in [-0.39, 0.29) is 0 Å². The molecular formula is C13H11N. The molecule has 0 saturated heterocycles. The van der Waals surface area contributed by atoms with Crippen LogP contribution in [0.3, 0.4) is 0 Å². The molecule has 1 heteroatoms. The van der Waals surface area contributed by atoms with Gasteiger partial charge in [-0.3, -0.25) is 0 Å². The Bertz CT molecular complexity index is 537. The van der Waals surface area contributed by atoms with Crippen molar-refractivity contribution in [3.63, 3.8) is 0 Å². The van der Waals surface area contributed by atoms with Gasteiger partial charge in [0, 0.05) is 17.3 Å². The van der Waals surface area contributed by atoms with Crippen molar-refractivity contribution < 1.29 is 0 Å². The molecule has 68 valence electrons. The van der Waals surface area contributed by atoms with Gasteiger partial charge >= 0.3 is 0 Å². The number of rotatable bonds is 0. The Morgan fingerprint density at radius 3 is 3.14 bits per heavy atom. The summed E-state index contributed by atoms with van der Waals surface area (Å²) >= 11 is 0. The molecule has 0 saturated carbocycles. The SMILES string of the molecule is C1#Cc2[nH]c3ccccc3c2CCC1. The van der Waals surface area contributed by atoms with Gasteiger partial charge in [0.25, 0.3) is 0 Å². The van der Waals surface area contributed by atoms with Crippen molar-refractivity contribution in [3.05, 3.63) is 35.5 Å². The first-order valence-electron chi connectivity index (χ1n) is 5.03. The number of fused-ring (bicyclic) bond motifs is 3. The van der Waals surface area contributed by atoms with E-state index in [2.05, 4.69) is 41.1 Å². The van der Waals surface area contributed by atoms with E-state index in [1.165, 1.54) is 22.9 Å². The highest BCUT2D eigenvalue weighted by Crippen LogP contribution is 2.24. The fourth-order valence-corrected chi connectivity index (χ4v) is 2.07. The minimum atomic E-state index is 1.02. The molecule has 14 heavy (non-hydrogen) atoms. The second kappa shape index (κ2) is 2.92. The van der Waals surface area contributed by atoms with Crippen LogP contribution in [-0.2, 0) is 6.42 Å². The highest BCUT2D eigenvalue weighted by atomic mass is 14.7. The maximum Gasteiger partial charge on any atom is 0.0936 e. The molecule has 1 aromatic carbocycles. The zero-order valence-electron chi connectivity index (χ0n) is 7.93. The molecule has 1 N–H and O–H groups in total. The number of aromatic nitrogens is 1. The Kier molecular flexibility index (Phi) is 1.61. The van der Waals surface area contributed by atoms with Crippen LogP contribution in [0.4, 0.5) is 0 Å². The fraction of sp³-hybridized carbons (Fsp3) is 0.231. The molecule has 0 unspecified atom stereocenters. The summed E-state index contributed by atoms with van der Waals surface area (Å²) in [4.78, 5) is 3.38. The third-order valence-electron chi connectivity index (χ3n) is 2.76. The number of H-pyrrole nitrogens is 1. The number of hydrogen-bond acceptors (Lipinski definition) is 0. The van der Waals surface area contributed by atoms with E-state index in [0.717, 1.165) is 18.5 Å². The summed E-state index contributed by atoms with van der Waals surface area (Å²) < 4.78 is 0. The minimum Gasteiger partial charge on any atom is -0.348 e. The average Bonchev–Trinajstić information content (AvgIpc) is 2.42. The lowest BCUT2D eigenvalue weighted by atomic mass is 10.1. The smallest absolute Gasteiger partial charge is 0.0936 e. The topological polar surface area (TPSA) is 15.8 Å². The van der Waals surface area contributed by atoms with E-state index in [4.69, 9.17) is 0 Å². The van der Waals surface area contributed by atoms with Crippen molar-refractivity contribution in [2.24, 2.45) is 0 Å². The molecule has 1 aromatic heterocycles. The van der Waals surface area contributed by atoms with Crippen molar-refractivity contribution in [3.8, 4) is 11.8 Å². The molecule has 0 bridgehead atoms. The highest BCUT2D eigenvalue weighted by Gasteiger charge is 2.10. The molecule has 2 aromatic rings. The van der Waals surface area contributed by atoms with E-state index in [9.17, 15) is 0 Å².